The predicted molar refractivity (Wildman–Crippen MR) is 69.2 cm³/mol. The minimum absolute atomic E-state index is 0.206. The molecular formula is C13H18N4O2. The maximum atomic E-state index is 6.14. The summed E-state index contributed by atoms with van der Waals surface area (Å²) in [5.74, 6) is 1.01. The van der Waals surface area contributed by atoms with E-state index in [0.717, 1.165) is 25.2 Å². The van der Waals surface area contributed by atoms with E-state index in [4.69, 9.17) is 14.7 Å². The molecule has 0 aliphatic carbocycles. The third-order valence-corrected chi connectivity index (χ3v) is 3.45. The first-order chi connectivity index (χ1) is 9.33. The van der Waals surface area contributed by atoms with Gasteiger partial charge in [0.05, 0.1) is 17.9 Å². The number of hydrogen-bond donors (Lipinski definition) is 1. The predicted octanol–water partition coefficient (Wildman–Crippen LogP) is 1.82. The monoisotopic (exact) mass is 262 g/mol. The maximum absolute atomic E-state index is 6.14. The molecule has 6 heteroatoms. The third-order valence-electron chi connectivity index (χ3n) is 3.45. The highest BCUT2D eigenvalue weighted by Gasteiger charge is 2.19. The third kappa shape index (κ3) is 2.85. The van der Waals surface area contributed by atoms with Crippen LogP contribution in [-0.2, 0) is 0 Å². The van der Waals surface area contributed by atoms with Gasteiger partial charge in [-0.3, -0.25) is 0 Å². The fraction of sp³-hybridized carbons (Fsp3) is 0.538. The van der Waals surface area contributed by atoms with Gasteiger partial charge in [0.25, 0.3) is 5.89 Å². The molecule has 3 rings (SSSR count). The summed E-state index contributed by atoms with van der Waals surface area (Å²) in [6.45, 7) is 3.00. The highest BCUT2D eigenvalue weighted by atomic mass is 16.5. The fourth-order valence-corrected chi connectivity index (χ4v) is 2.39. The zero-order valence-corrected chi connectivity index (χ0v) is 10.8. The van der Waals surface area contributed by atoms with E-state index in [2.05, 4.69) is 15.0 Å². The Kier molecular flexibility index (Phi) is 3.61. The summed E-state index contributed by atoms with van der Waals surface area (Å²) < 4.78 is 10.2. The lowest BCUT2D eigenvalue weighted by Crippen LogP contribution is -2.36. The Balaban J connectivity index is 1.65. The molecular weight excluding hydrogens is 244 g/mol. The van der Waals surface area contributed by atoms with Gasteiger partial charge in [-0.15, -0.1) is 0 Å². The normalized spacial score (nSPS) is 18.6. The van der Waals surface area contributed by atoms with Gasteiger partial charge in [0, 0.05) is 6.54 Å². The summed E-state index contributed by atoms with van der Waals surface area (Å²) in [7, 11) is 0. The highest BCUT2D eigenvalue weighted by Crippen LogP contribution is 2.20. The second-order valence-corrected chi connectivity index (χ2v) is 4.94. The molecule has 19 heavy (non-hydrogen) atoms. The van der Waals surface area contributed by atoms with E-state index in [1.54, 1.807) is 18.6 Å². The molecule has 2 aromatic rings. The minimum Gasteiger partial charge on any atom is -0.472 e. The lowest BCUT2D eigenvalue weighted by molar-refractivity contribution is 0.213. The summed E-state index contributed by atoms with van der Waals surface area (Å²) in [4.78, 5) is 6.69. The molecule has 102 valence electrons. The SMILES string of the molecule is NC(CN1CCCCC1)c1noc(-c2ccoc2)n1. The van der Waals surface area contributed by atoms with Crippen molar-refractivity contribution < 1.29 is 8.94 Å². The van der Waals surface area contributed by atoms with E-state index in [1.165, 1.54) is 19.3 Å². The van der Waals surface area contributed by atoms with Crippen molar-refractivity contribution in [3.63, 3.8) is 0 Å². The lowest BCUT2D eigenvalue weighted by atomic mass is 10.1. The van der Waals surface area contributed by atoms with E-state index in [-0.39, 0.29) is 6.04 Å². The highest BCUT2D eigenvalue weighted by molar-refractivity contribution is 5.49. The molecule has 2 aromatic heterocycles. The molecule has 0 aromatic carbocycles. The van der Waals surface area contributed by atoms with Crippen LogP contribution in [-0.4, -0.2) is 34.7 Å². The molecule has 1 aliphatic heterocycles. The van der Waals surface area contributed by atoms with Gasteiger partial charge in [-0.05, 0) is 32.0 Å². The number of furan rings is 1. The molecule has 0 spiro atoms. The van der Waals surface area contributed by atoms with Crippen LogP contribution in [0, 0.1) is 0 Å². The van der Waals surface area contributed by atoms with Crippen molar-refractivity contribution in [3.05, 3.63) is 24.4 Å². The van der Waals surface area contributed by atoms with Crippen LogP contribution in [0.25, 0.3) is 11.5 Å². The summed E-state index contributed by atoms with van der Waals surface area (Å²) in [6.07, 6.45) is 6.97. The van der Waals surface area contributed by atoms with Gasteiger partial charge in [-0.2, -0.15) is 4.98 Å². The largest absolute Gasteiger partial charge is 0.472 e. The molecule has 3 heterocycles. The number of nitrogens with zero attached hydrogens (tertiary/aromatic N) is 3. The Hall–Kier alpha value is -1.66. The van der Waals surface area contributed by atoms with Gasteiger partial charge in [0.2, 0.25) is 0 Å². The Morgan fingerprint density at radius 2 is 2.16 bits per heavy atom. The first-order valence-electron chi connectivity index (χ1n) is 6.67. The zero-order chi connectivity index (χ0) is 13.1. The second kappa shape index (κ2) is 5.54. The summed E-state index contributed by atoms with van der Waals surface area (Å²) in [6, 6.07) is 1.58. The molecule has 0 bridgehead atoms. The van der Waals surface area contributed by atoms with Gasteiger partial charge in [0.1, 0.15) is 6.26 Å². The lowest BCUT2D eigenvalue weighted by Gasteiger charge is -2.27. The Morgan fingerprint density at radius 1 is 1.32 bits per heavy atom. The molecule has 0 radical (unpaired) electrons. The van der Waals surface area contributed by atoms with Crippen LogP contribution in [0.15, 0.2) is 27.5 Å². The summed E-state index contributed by atoms with van der Waals surface area (Å²) in [5.41, 5.74) is 6.92. The summed E-state index contributed by atoms with van der Waals surface area (Å²) in [5, 5.41) is 3.96. The molecule has 0 saturated carbocycles. The maximum Gasteiger partial charge on any atom is 0.261 e. The van der Waals surface area contributed by atoms with Crippen molar-refractivity contribution in [3.8, 4) is 11.5 Å². The van der Waals surface area contributed by atoms with Gasteiger partial charge < -0.3 is 19.6 Å². The van der Waals surface area contributed by atoms with E-state index >= 15 is 0 Å². The molecule has 1 unspecified atom stereocenters. The van der Waals surface area contributed by atoms with Crippen molar-refractivity contribution in [2.45, 2.75) is 25.3 Å². The van der Waals surface area contributed by atoms with Crippen LogP contribution in [0.3, 0.4) is 0 Å². The van der Waals surface area contributed by atoms with Crippen molar-refractivity contribution in [1.29, 1.82) is 0 Å². The van der Waals surface area contributed by atoms with E-state index in [9.17, 15) is 0 Å². The van der Waals surface area contributed by atoms with Gasteiger partial charge in [0.15, 0.2) is 5.82 Å². The van der Waals surface area contributed by atoms with Crippen LogP contribution >= 0.6 is 0 Å². The average molecular weight is 262 g/mol. The molecule has 6 nitrogen and oxygen atoms in total. The van der Waals surface area contributed by atoms with E-state index in [1.807, 2.05) is 0 Å². The molecule has 1 aliphatic rings. The number of rotatable bonds is 4. The van der Waals surface area contributed by atoms with Crippen molar-refractivity contribution in [2.24, 2.45) is 5.73 Å². The number of aromatic nitrogens is 2. The smallest absolute Gasteiger partial charge is 0.261 e. The van der Waals surface area contributed by atoms with Crippen LogP contribution in [0.1, 0.15) is 31.1 Å². The molecule has 0 amide bonds. The van der Waals surface area contributed by atoms with Gasteiger partial charge in [-0.1, -0.05) is 11.6 Å². The quantitative estimate of drug-likeness (QED) is 0.905. The minimum atomic E-state index is -0.206. The molecule has 2 N–H and O–H groups in total. The Morgan fingerprint density at radius 3 is 2.89 bits per heavy atom. The van der Waals surface area contributed by atoms with Crippen molar-refractivity contribution >= 4 is 0 Å². The molecule has 1 atom stereocenters. The van der Waals surface area contributed by atoms with Gasteiger partial charge in [-0.25, -0.2) is 0 Å². The van der Waals surface area contributed by atoms with Crippen molar-refractivity contribution in [1.82, 2.24) is 15.0 Å². The second-order valence-electron chi connectivity index (χ2n) is 4.94. The van der Waals surface area contributed by atoms with E-state index in [0.29, 0.717) is 11.7 Å². The van der Waals surface area contributed by atoms with Crippen LogP contribution in [0.4, 0.5) is 0 Å². The topological polar surface area (TPSA) is 81.3 Å². The average Bonchev–Trinajstić information content (AvgIpc) is 3.11. The number of likely N-dealkylation sites (tertiary alicyclic amines) is 1. The Bertz CT molecular complexity index is 502. The zero-order valence-electron chi connectivity index (χ0n) is 10.8. The van der Waals surface area contributed by atoms with Crippen LogP contribution in [0.2, 0.25) is 0 Å². The van der Waals surface area contributed by atoms with Gasteiger partial charge >= 0.3 is 0 Å². The standard InChI is InChI=1S/C13H18N4O2/c14-11(8-17-5-2-1-3-6-17)12-15-13(19-16-12)10-4-7-18-9-10/h4,7,9,11H,1-3,5-6,8,14H2. The summed E-state index contributed by atoms with van der Waals surface area (Å²) >= 11 is 0. The number of hydrogen-bond acceptors (Lipinski definition) is 6. The first kappa shape index (κ1) is 12.4. The number of piperidine rings is 1. The van der Waals surface area contributed by atoms with Crippen molar-refractivity contribution in [2.75, 3.05) is 19.6 Å². The molecule has 1 fully saturated rings. The Labute approximate surface area is 111 Å². The van der Waals surface area contributed by atoms with Crippen LogP contribution < -0.4 is 5.73 Å². The first-order valence-corrected chi connectivity index (χ1v) is 6.67. The van der Waals surface area contributed by atoms with Crippen LogP contribution in [0.5, 0.6) is 0 Å². The molecule has 1 saturated heterocycles. The van der Waals surface area contributed by atoms with E-state index < -0.39 is 0 Å². The fourth-order valence-electron chi connectivity index (χ4n) is 2.39. The number of nitrogens with two attached hydrogens (primary N) is 1.